The second kappa shape index (κ2) is 5.39. The number of carboxylic acids is 1. The molecule has 18 heavy (non-hydrogen) atoms. The van der Waals surface area contributed by atoms with Crippen LogP contribution in [0, 0.1) is 6.92 Å². The van der Waals surface area contributed by atoms with Gasteiger partial charge in [-0.2, -0.15) is 0 Å². The summed E-state index contributed by atoms with van der Waals surface area (Å²) < 4.78 is 22.2. The van der Waals surface area contributed by atoms with E-state index in [-0.39, 0.29) is 17.4 Å². The summed E-state index contributed by atoms with van der Waals surface area (Å²) in [5.74, 6) is -0.935. The van der Waals surface area contributed by atoms with Gasteiger partial charge in [-0.25, -0.2) is 13.2 Å². The second-order valence-corrected chi connectivity index (χ2v) is 6.66. The average molecular weight is 271 g/mol. The van der Waals surface area contributed by atoms with Crippen molar-refractivity contribution in [1.82, 2.24) is 0 Å². The fourth-order valence-electron chi connectivity index (χ4n) is 1.77. The Labute approximate surface area is 107 Å². The number of aryl methyl sites for hydroxylation is 1. The first kappa shape index (κ1) is 14.5. The van der Waals surface area contributed by atoms with E-state index >= 15 is 0 Å². The van der Waals surface area contributed by atoms with Crippen LogP contribution in [0.1, 0.15) is 22.8 Å². The van der Waals surface area contributed by atoms with Crippen molar-refractivity contribution >= 4 is 21.5 Å². The number of rotatable bonds is 5. The minimum Gasteiger partial charge on any atom is -0.478 e. The molecule has 1 aromatic carbocycles. The highest BCUT2D eigenvalue weighted by atomic mass is 32.2. The van der Waals surface area contributed by atoms with Gasteiger partial charge in [0.15, 0.2) is 0 Å². The highest BCUT2D eigenvalue weighted by Gasteiger charge is 2.12. The van der Waals surface area contributed by atoms with Crippen LogP contribution in [0.4, 0.5) is 5.69 Å². The summed E-state index contributed by atoms with van der Waals surface area (Å²) in [4.78, 5) is 10.8. The van der Waals surface area contributed by atoms with E-state index in [1.807, 2.05) is 0 Å². The third-order valence-corrected chi connectivity index (χ3v) is 3.53. The van der Waals surface area contributed by atoms with Gasteiger partial charge in [-0.05, 0) is 37.6 Å². The first-order chi connectivity index (χ1) is 8.19. The van der Waals surface area contributed by atoms with Crippen molar-refractivity contribution in [2.75, 3.05) is 17.3 Å². The monoisotopic (exact) mass is 271 g/mol. The molecule has 1 rings (SSSR count). The van der Waals surface area contributed by atoms with Crippen LogP contribution in [0.2, 0.25) is 0 Å². The van der Waals surface area contributed by atoms with Crippen molar-refractivity contribution in [3.8, 4) is 0 Å². The Hall–Kier alpha value is -1.56. The number of carboxylic acid groups (broad SMARTS) is 1. The van der Waals surface area contributed by atoms with Gasteiger partial charge in [0.2, 0.25) is 0 Å². The van der Waals surface area contributed by atoms with Crippen LogP contribution in [-0.4, -0.2) is 37.5 Å². The van der Waals surface area contributed by atoms with Crippen molar-refractivity contribution in [2.45, 2.75) is 19.9 Å². The standard InChI is InChI=1S/C12H17NO4S/c1-8-6-10(4-5-11(8)12(14)15)13-9(2)7-18(3,16)17/h4-6,9,13H,7H2,1-3H3,(H,14,15). The summed E-state index contributed by atoms with van der Waals surface area (Å²) in [6.07, 6.45) is 1.18. The molecule has 1 unspecified atom stereocenters. The van der Waals surface area contributed by atoms with Crippen molar-refractivity contribution in [1.29, 1.82) is 0 Å². The Balaban J connectivity index is 2.81. The first-order valence-corrected chi connectivity index (χ1v) is 7.53. The molecule has 100 valence electrons. The number of hydrogen-bond acceptors (Lipinski definition) is 4. The van der Waals surface area contributed by atoms with Crippen molar-refractivity contribution < 1.29 is 18.3 Å². The number of hydrogen-bond donors (Lipinski definition) is 2. The predicted molar refractivity (Wildman–Crippen MR) is 70.9 cm³/mol. The SMILES string of the molecule is Cc1cc(NC(C)CS(C)(=O)=O)ccc1C(=O)O. The lowest BCUT2D eigenvalue weighted by molar-refractivity contribution is 0.0696. The lowest BCUT2D eigenvalue weighted by atomic mass is 10.1. The molecular weight excluding hydrogens is 254 g/mol. The number of sulfone groups is 1. The lowest BCUT2D eigenvalue weighted by Gasteiger charge is -2.15. The van der Waals surface area contributed by atoms with Crippen LogP contribution in [-0.2, 0) is 9.84 Å². The van der Waals surface area contributed by atoms with E-state index in [2.05, 4.69) is 5.32 Å². The molecular formula is C12H17NO4S. The van der Waals surface area contributed by atoms with Gasteiger partial charge in [-0.1, -0.05) is 0 Å². The average Bonchev–Trinajstić information content (AvgIpc) is 2.13. The first-order valence-electron chi connectivity index (χ1n) is 5.47. The van der Waals surface area contributed by atoms with Crippen molar-refractivity contribution in [3.63, 3.8) is 0 Å². The Morgan fingerprint density at radius 3 is 2.50 bits per heavy atom. The molecule has 0 aliphatic carbocycles. The Bertz CT molecular complexity index is 551. The predicted octanol–water partition coefficient (Wildman–Crippen LogP) is 1.54. The maximum absolute atomic E-state index is 11.1. The molecule has 0 aliphatic heterocycles. The maximum atomic E-state index is 11.1. The Kier molecular flexibility index (Phi) is 4.34. The van der Waals surface area contributed by atoms with E-state index in [4.69, 9.17) is 5.11 Å². The van der Waals surface area contributed by atoms with E-state index in [0.29, 0.717) is 11.3 Å². The Morgan fingerprint density at radius 1 is 1.44 bits per heavy atom. The van der Waals surface area contributed by atoms with Gasteiger partial charge >= 0.3 is 5.97 Å². The highest BCUT2D eigenvalue weighted by Crippen LogP contribution is 2.16. The minimum absolute atomic E-state index is 0.0345. The summed E-state index contributed by atoms with van der Waals surface area (Å²) in [6, 6.07) is 4.61. The summed E-state index contributed by atoms with van der Waals surface area (Å²) in [6.45, 7) is 3.47. The van der Waals surface area contributed by atoms with Crippen LogP contribution >= 0.6 is 0 Å². The van der Waals surface area contributed by atoms with Gasteiger partial charge in [-0.15, -0.1) is 0 Å². The molecule has 0 fully saturated rings. The van der Waals surface area contributed by atoms with Gasteiger partial charge < -0.3 is 10.4 Å². The lowest BCUT2D eigenvalue weighted by Crippen LogP contribution is -2.25. The van der Waals surface area contributed by atoms with Crippen LogP contribution in [0.15, 0.2) is 18.2 Å². The minimum atomic E-state index is -3.03. The summed E-state index contributed by atoms with van der Waals surface area (Å²) in [7, 11) is -3.03. The molecule has 6 heteroatoms. The molecule has 0 amide bonds. The van der Waals surface area contributed by atoms with Gasteiger partial charge in [0.1, 0.15) is 9.84 Å². The van der Waals surface area contributed by atoms with Crippen molar-refractivity contribution in [2.24, 2.45) is 0 Å². The van der Waals surface area contributed by atoms with Crippen LogP contribution in [0.3, 0.4) is 0 Å². The van der Waals surface area contributed by atoms with E-state index in [9.17, 15) is 13.2 Å². The zero-order valence-electron chi connectivity index (χ0n) is 10.6. The molecule has 0 aliphatic rings. The molecule has 0 bridgehead atoms. The molecule has 2 N–H and O–H groups in total. The van der Waals surface area contributed by atoms with Crippen LogP contribution in [0.25, 0.3) is 0 Å². The van der Waals surface area contributed by atoms with Gasteiger partial charge in [-0.3, -0.25) is 0 Å². The fraction of sp³-hybridized carbons (Fsp3) is 0.417. The quantitative estimate of drug-likeness (QED) is 0.848. The largest absolute Gasteiger partial charge is 0.478 e. The molecule has 0 aromatic heterocycles. The van der Waals surface area contributed by atoms with Crippen molar-refractivity contribution in [3.05, 3.63) is 29.3 Å². The zero-order chi connectivity index (χ0) is 13.9. The molecule has 1 aromatic rings. The summed E-state index contributed by atoms with van der Waals surface area (Å²) in [5, 5.41) is 11.9. The number of carbonyl (C=O) groups is 1. The van der Waals surface area contributed by atoms with E-state index in [1.54, 1.807) is 26.0 Å². The van der Waals surface area contributed by atoms with E-state index in [0.717, 1.165) is 0 Å². The third-order valence-electron chi connectivity index (χ3n) is 2.42. The number of aromatic carboxylic acids is 1. The molecule has 0 radical (unpaired) electrons. The topological polar surface area (TPSA) is 83.5 Å². The van der Waals surface area contributed by atoms with E-state index < -0.39 is 15.8 Å². The molecule has 0 heterocycles. The Morgan fingerprint density at radius 2 is 2.06 bits per heavy atom. The summed E-state index contributed by atoms with van der Waals surface area (Å²) >= 11 is 0. The molecule has 0 saturated carbocycles. The smallest absolute Gasteiger partial charge is 0.335 e. The summed E-state index contributed by atoms with van der Waals surface area (Å²) in [5.41, 5.74) is 1.60. The molecule has 1 atom stereocenters. The highest BCUT2D eigenvalue weighted by molar-refractivity contribution is 7.90. The molecule has 5 nitrogen and oxygen atoms in total. The maximum Gasteiger partial charge on any atom is 0.335 e. The van der Waals surface area contributed by atoms with E-state index in [1.165, 1.54) is 12.3 Å². The van der Waals surface area contributed by atoms with Crippen LogP contribution < -0.4 is 5.32 Å². The number of anilines is 1. The second-order valence-electron chi connectivity index (χ2n) is 4.47. The number of benzene rings is 1. The van der Waals surface area contributed by atoms with Gasteiger partial charge in [0.25, 0.3) is 0 Å². The fourth-order valence-corrected chi connectivity index (χ4v) is 2.77. The van der Waals surface area contributed by atoms with Gasteiger partial charge in [0.05, 0.1) is 11.3 Å². The third kappa shape index (κ3) is 4.37. The molecule has 0 saturated heterocycles. The number of nitrogens with one attached hydrogen (secondary N) is 1. The van der Waals surface area contributed by atoms with Gasteiger partial charge in [0, 0.05) is 18.0 Å². The molecule has 0 spiro atoms. The van der Waals surface area contributed by atoms with Crippen LogP contribution in [0.5, 0.6) is 0 Å². The zero-order valence-corrected chi connectivity index (χ0v) is 11.4. The normalized spacial score (nSPS) is 13.1.